The first-order chi connectivity index (χ1) is 6.35. The van der Waals surface area contributed by atoms with E-state index in [1.54, 1.807) is 0 Å². The van der Waals surface area contributed by atoms with Crippen molar-refractivity contribution in [3.8, 4) is 0 Å². The standard InChI is InChI=1S/C11H21NO/c1-2-3-4-5-6-12-7-11(8-12)9-13-10-11/h2-10H2,1H3. The first-order valence-electron chi connectivity index (χ1n) is 5.65. The fourth-order valence-corrected chi connectivity index (χ4v) is 2.40. The lowest BCUT2D eigenvalue weighted by atomic mass is 9.78. The van der Waals surface area contributed by atoms with Crippen LogP contribution in [0.3, 0.4) is 0 Å². The van der Waals surface area contributed by atoms with Gasteiger partial charge in [-0.1, -0.05) is 26.2 Å². The molecular formula is C11H21NO. The van der Waals surface area contributed by atoms with E-state index in [-0.39, 0.29) is 0 Å². The Kier molecular flexibility index (Phi) is 2.89. The van der Waals surface area contributed by atoms with Crippen LogP contribution < -0.4 is 0 Å². The molecule has 2 fully saturated rings. The third-order valence-electron chi connectivity index (χ3n) is 3.26. The van der Waals surface area contributed by atoms with Crippen molar-refractivity contribution in [1.82, 2.24) is 4.90 Å². The predicted octanol–water partition coefficient (Wildman–Crippen LogP) is 1.90. The van der Waals surface area contributed by atoms with E-state index in [1.165, 1.54) is 45.3 Å². The van der Waals surface area contributed by atoms with Crippen molar-refractivity contribution in [1.29, 1.82) is 0 Å². The topological polar surface area (TPSA) is 12.5 Å². The number of rotatable bonds is 5. The van der Waals surface area contributed by atoms with Gasteiger partial charge in [-0.3, -0.25) is 0 Å². The van der Waals surface area contributed by atoms with Crippen LogP contribution >= 0.6 is 0 Å². The SMILES string of the molecule is CCCCCCN1CC2(COC2)C1. The van der Waals surface area contributed by atoms with E-state index in [2.05, 4.69) is 11.8 Å². The molecule has 0 N–H and O–H groups in total. The summed E-state index contributed by atoms with van der Waals surface area (Å²) < 4.78 is 5.24. The molecule has 0 radical (unpaired) electrons. The van der Waals surface area contributed by atoms with Crippen molar-refractivity contribution >= 4 is 0 Å². The Morgan fingerprint density at radius 2 is 1.92 bits per heavy atom. The van der Waals surface area contributed by atoms with Crippen molar-refractivity contribution < 1.29 is 4.74 Å². The summed E-state index contributed by atoms with van der Waals surface area (Å²) in [5.74, 6) is 0. The predicted molar refractivity (Wildman–Crippen MR) is 53.8 cm³/mol. The molecule has 0 unspecified atom stereocenters. The Morgan fingerprint density at radius 1 is 1.15 bits per heavy atom. The molecule has 0 saturated carbocycles. The van der Waals surface area contributed by atoms with Crippen LogP contribution in [-0.2, 0) is 4.74 Å². The van der Waals surface area contributed by atoms with Gasteiger partial charge in [0.15, 0.2) is 0 Å². The maximum atomic E-state index is 5.24. The Bertz CT molecular complexity index is 157. The van der Waals surface area contributed by atoms with Crippen molar-refractivity contribution in [2.24, 2.45) is 5.41 Å². The highest BCUT2D eigenvalue weighted by Gasteiger charge is 2.48. The van der Waals surface area contributed by atoms with Gasteiger partial charge in [-0.15, -0.1) is 0 Å². The second-order valence-electron chi connectivity index (χ2n) is 4.76. The number of ether oxygens (including phenoxy) is 1. The molecular weight excluding hydrogens is 162 g/mol. The van der Waals surface area contributed by atoms with Crippen molar-refractivity contribution in [3.63, 3.8) is 0 Å². The number of unbranched alkanes of at least 4 members (excludes halogenated alkanes) is 3. The van der Waals surface area contributed by atoms with Crippen LogP contribution in [0.15, 0.2) is 0 Å². The lowest BCUT2D eigenvalue weighted by Gasteiger charge is -2.55. The third-order valence-corrected chi connectivity index (χ3v) is 3.26. The summed E-state index contributed by atoms with van der Waals surface area (Å²) in [5, 5.41) is 0. The van der Waals surface area contributed by atoms with Gasteiger partial charge in [-0.05, 0) is 13.0 Å². The summed E-state index contributed by atoms with van der Waals surface area (Å²) in [4.78, 5) is 2.58. The van der Waals surface area contributed by atoms with Gasteiger partial charge in [0.2, 0.25) is 0 Å². The lowest BCUT2D eigenvalue weighted by Crippen LogP contribution is -2.65. The molecule has 2 saturated heterocycles. The molecule has 0 bridgehead atoms. The summed E-state index contributed by atoms with van der Waals surface area (Å²) in [6, 6.07) is 0. The molecule has 0 aromatic rings. The minimum Gasteiger partial charge on any atom is -0.380 e. The Morgan fingerprint density at radius 3 is 2.46 bits per heavy atom. The van der Waals surface area contributed by atoms with E-state index in [4.69, 9.17) is 4.74 Å². The maximum Gasteiger partial charge on any atom is 0.0569 e. The van der Waals surface area contributed by atoms with Gasteiger partial charge in [0, 0.05) is 18.5 Å². The Balaban J connectivity index is 1.49. The monoisotopic (exact) mass is 183 g/mol. The molecule has 0 atom stereocenters. The Labute approximate surface area is 81.3 Å². The molecule has 0 aromatic heterocycles. The summed E-state index contributed by atoms with van der Waals surface area (Å²) in [7, 11) is 0. The zero-order valence-electron chi connectivity index (χ0n) is 8.72. The summed E-state index contributed by atoms with van der Waals surface area (Å²) in [5.41, 5.74) is 0.616. The molecule has 2 heteroatoms. The van der Waals surface area contributed by atoms with Crippen molar-refractivity contribution in [3.05, 3.63) is 0 Å². The fraction of sp³-hybridized carbons (Fsp3) is 1.00. The maximum absolute atomic E-state index is 5.24. The minimum absolute atomic E-state index is 0.616. The largest absolute Gasteiger partial charge is 0.380 e. The average molecular weight is 183 g/mol. The van der Waals surface area contributed by atoms with Crippen LogP contribution in [0.2, 0.25) is 0 Å². The summed E-state index contributed by atoms with van der Waals surface area (Å²) in [6.07, 6.45) is 5.56. The van der Waals surface area contributed by atoms with Crippen LogP contribution in [-0.4, -0.2) is 37.7 Å². The lowest BCUT2D eigenvalue weighted by molar-refractivity contribution is -0.188. The first kappa shape index (κ1) is 9.47. The van der Waals surface area contributed by atoms with Gasteiger partial charge in [0.25, 0.3) is 0 Å². The third kappa shape index (κ3) is 2.05. The van der Waals surface area contributed by atoms with E-state index in [0.717, 1.165) is 13.2 Å². The quantitative estimate of drug-likeness (QED) is 0.604. The van der Waals surface area contributed by atoms with E-state index < -0.39 is 0 Å². The van der Waals surface area contributed by atoms with E-state index >= 15 is 0 Å². The second-order valence-corrected chi connectivity index (χ2v) is 4.76. The van der Waals surface area contributed by atoms with Gasteiger partial charge in [0.1, 0.15) is 0 Å². The molecule has 2 nitrogen and oxygen atoms in total. The van der Waals surface area contributed by atoms with E-state index in [9.17, 15) is 0 Å². The van der Waals surface area contributed by atoms with Crippen LogP contribution in [0, 0.1) is 5.41 Å². The minimum atomic E-state index is 0.616. The van der Waals surface area contributed by atoms with Crippen LogP contribution in [0.4, 0.5) is 0 Å². The van der Waals surface area contributed by atoms with Gasteiger partial charge < -0.3 is 9.64 Å². The smallest absolute Gasteiger partial charge is 0.0569 e. The zero-order valence-corrected chi connectivity index (χ0v) is 8.72. The molecule has 2 aliphatic rings. The van der Waals surface area contributed by atoms with Gasteiger partial charge in [-0.2, -0.15) is 0 Å². The summed E-state index contributed by atoms with van der Waals surface area (Å²) in [6.45, 7) is 8.25. The molecule has 13 heavy (non-hydrogen) atoms. The van der Waals surface area contributed by atoms with E-state index in [1.807, 2.05) is 0 Å². The molecule has 0 aliphatic carbocycles. The molecule has 2 heterocycles. The number of hydrogen-bond donors (Lipinski definition) is 0. The molecule has 0 aromatic carbocycles. The molecule has 1 spiro atoms. The zero-order chi connectivity index (χ0) is 9.15. The Hall–Kier alpha value is -0.0800. The van der Waals surface area contributed by atoms with Crippen LogP contribution in [0.1, 0.15) is 32.6 Å². The highest BCUT2D eigenvalue weighted by atomic mass is 16.5. The van der Waals surface area contributed by atoms with Gasteiger partial charge >= 0.3 is 0 Å². The number of nitrogens with zero attached hydrogens (tertiary/aromatic N) is 1. The van der Waals surface area contributed by atoms with Crippen molar-refractivity contribution in [2.45, 2.75) is 32.6 Å². The highest BCUT2D eigenvalue weighted by Crippen LogP contribution is 2.37. The molecule has 76 valence electrons. The number of likely N-dealkylation sites (tertiary alicyclic amines) is 1. The normalized spacial score (nSPS) is 25.6. The summed E-state index contributed by atoms with van der Waals surface area (Å²) >= 11 is 0. The fourth-order valence-electron chi connectivity index (χ4n) is 2.40. The molecule has 2 rings (SSSR count). The molecule has 0 amide bonds. The average Bonchev–Trinajstić information content (AvgIpc) is 1.97. The van der Waals surface area contributed by atoms with Crippen LogP contribution in [0.25, 0.3) is 0 Å². The number of hydrogen-bond acceptors (Lipinski definition) is 2. The van der Waals surface area contributed by atoms with E-state index in [0.29, 0.717) is 5.41 Å². The highest BCUT2D eigenvalue weighted by molar-refractivity contribution is 4.99. The molecule has 2 aliphatic heterocycles. The van der Waals surface area contributed by atoms with Gasteiger partial charge in [-0.25, -0.2) is 0 Å². The first-order valence-corrected chi connectivity index (χ1v) is 5.65. The van der Waals surface area contributed by atoms with Crippen LogP contribution in [0.5, 0.6) is 0 Å². The van der Waals surface area contributed by atoms with Gasteiger partial charge in [0.05, 0.1) is 13.2 Å². The van der Waals surface area contributed by atoms with Crippen molar-refractivity contribution in [2.75, 3.05) is 32.8 Å². The second kappa shape index (κ2) is 3.97.